The first-order chi connectivity index (χ1) is 11.7. The molecule has 0 aromatic heterocycles. The van der Waals surface area contributed by atoms with E-state index in [2.05, 4.69) is 9.46 Å². The monoisotopic (exact) mass is 383 g/mol. The zero-order chi connectivity index (χ0) is 18.7. The van der Waals surface area contributed by atoms with E-state index in [4.69, 9.17) is 0 Å². The highest BCUT2D eigenvalue weighted by atomic mass is 32.2. The van der Waals surface area contributed by atoms with Crippen LogP contribution in [0, 0.1) is 0 Å². The van der Waals surface area contributed by atoms with Crippen molar-refractivity contribution >= 4 is 25.8 Å². The van der Waals surface area contributed by atoms with E-state index in [0.29, 0.717) is 5.56 Å². The molecule has 0 aliphatic rings. The van der Waals surface area contributed by atoms with Crippen molar-refractivity contribution in [3.63, 3.8) is 0 Å². The molecular formula is C16H17NO6S2. The minimum Gasteiger partial charge on any atom is -0.468 e. The zero-order valence-electron chi connectivity index (χ0n) is 13.5. The van der Waals surface area contributed by atoms with E-state index < -0.39 is 36.8 Å². The maximum atomic E-state index is 12.7. The number of nitrogens with one attached hydrogen (secondary N) is 1. The SMILES string of the molecule is COC(=O)C(NS(=O)(=O)c1ccccc1S(C)(=O)=O)c1ccccc1. The number of sulfone groups is 1. The van der Waals surface area contributed by atoms with Gasteiger partial charge in [0.1, 0.15) is 10.9 Å². The molecule has 0 saturated heterocycles. The average molecular weight is 383 g/mol. The summed E-state index contributed by atoms with van der Waals surface area (Å²) in [5.74, 6) is -0.813. The third-order valence-electron chi connectivity index (χ3n) is 3.38. The lowest BCUT2D eigenvalue weighted by Crippen LogP contribution is -2.35. The average Bonchev–Trinajstić information content (AvgIpc) is 2.59. The lowest BCUT2D eigenvalue weighted by atomic mass is 10.1. The van der Waals surface area contributed by atoms with Crippen LogP contribution in [0.4, 0.5) is 0 Å². The Kier molecular flexibility index (Phi) is 5.61. The first-order valence-corrected chi connectivity index (χ1v) is 10.5. The molecule has 0 heterocycles. The van der Waals surface area contributed by atoms with E-state index in [0.717, 1.165) is 19.4 Å². The highest BCUT2D eigenvalue weighted by Gasteiger charge is 2.30. The van der Waals surface area contributed by atoms with Gasteiger partial charge in [-0.15, -0.1) is 0 Å². The fourth-order valence-electron chi connectivity index (χ4n) is 2.21. The predicted molar refractivity (Wildman–Crippen MR) is 91.1 cm³/mol. The van der Waals surface area contributed by atoms with Crippen molar-refractivity contribution in [3.05, 3.63) is 60.2 Å². The van der Waals surface area contributed by atoms with Gasteiger partial charge in [0.25, 0.3) is 0 Å². The van der Waals surface area contributed by atoms with Crippen LogP contribution in [0.25, 0.3) is 0 Å². The number of carbonyl (C=O) groups is 1. The maximum absolute atomic E-state index is 12.7. The molecule has 2 aromatic rings. The molecule has 1 N–H and O–H groups in total. The normalized spacial score (nSPS) is 13.2. The van der Waals surface area contributed by atoms with Gasteiger partial charge >= 0.3 is 5.97 Å². The Morgan fingerprint density at radius 1 is 0.920 bits per heavy atom. The first-order valence-electron chi connectivity index (χ1n) is 7.11. The molecule has 0 spiro atoms. The second-order valence-electron chi connectivity index (χ2n) is 5.21. The lowest BCUT2D eigenvalue weighted by Gasteiger charge is -2.18. The van der Waals surface area contributed by atoms with E-state index >= 15 is 0 Å². The molecule has 0 amide bonds. The van der Waals surface area contributed by atoms with Crippen molar-refractivity contribution in [2.45, 2.75) is 15.8 Å². The molecular weight excluding hydrogens is 366 g/mol. The second-order valence-corrected chi connectivity index (χ2v) is 8.87. The largest absolute Gasteiger partial charge is 0.468 e. The number of hydrogen-bond donors (Lipinski definition) is 1. The molecule has 0 aliphatic carbocycles. The lowest BCUT2D eigenvalue weighted by molar-refractivity contribution is -0.142. The van der Waals surface area contributed by atoms with Crippen molar-refractivity contribution in [1.29, 1.82) is 0 Å². The van der Waals surface area contributed by atoms with Crippen molar-refractivity contribution in [3.8, 4) is 0 Å². The number of ether oxygens (including phenoxy) is 1. The van der Waals surface area contributed by atoms with Crippen LogP contribution in [0.2, 0.25) is 0 Å². The van der Waals surface area contributed by atoms with Crippen LogP contribution >= 0.6 is 0 Å². The zero-order valence-corrected chi connectivity index (χ0v) is 15.2. The molecule has 7 nitrogen and oxygen atoms in total. The highest BCUT2D eigenvalue weighted by Crippen LogP contribution is 2.23. The summed E-state index contributed by atoms with van der Waals surface area (Å²) in [5.41, 5.74) is 0.370. The van der Waals surface area contributed by atoms with Gasteiger partial charge in [-0.2, -0.15) is 4.72 Å². The fourth-order valence-corrected chi connectivity index (χ4v) is 5.02. The molecule has 2 aromatic carbocycles. The summed E-state index contributed by atoms with van der Waals surface area (Å²) in [6, 6.07) is 12.0. The molecule has 0 bridgehead atoms. The van der Waals surface area contributed by atoms with Gasteiger partial charge in [-0.05, 0) is 17.7 Å². The fraction of sp³-hybridized carbons (Fsp3) is 0.188. The molecule has 1 atom stereocenters. The summed E-state index contributed by atoms with van der Waals surface area (Å²) in [6.45, 7) is 0. The van der Waals surface area contributed by atoms with Gasteiger partial charge in [0.05, 0.1) is 12.0 Å². The Morgan fingerprint density at radius 3 is 1.96 bits per heavy atom. The van der Waals surface area contributed by atoms with E-state index in [-0.39, 0.29) is 4.90 Å². The maximum Gasteiger partial charge on any atom is 0.328 e. The van der Waals surface area contributed by atoms with Crippen molar-refractivity contribution in [1.82, 2.24) is 4.72 Å². The number of sulfonamides is 1. The molecule has 0 fully saturated rings. The molecule has 0 aliphatic heterocycles. The van der Waals surface area contributed by atoms with Crippen LogP contribution in [0.3, 0.4) is 0 Å². The van der Waals surface area contributed by atoms with Gasteiger partial charge in [-0.1, -0.05) is 42.5 Å². The molecule has 25 heavy (non-hydrogen) atoms. The third kappa shape index (κ3) is 4.44. The first kappa shape index (κ1) is 19.1. The Balaban J connectivity index is 2.52. The van der Waals surface area contributed by atoms with Crippen LogP contribution in [-0.2, 0) is 29.4 Å². The number of esters is 1. The molecule has 0 saturated carbocycles. The number of carbonyl (C=O) groups excluding carboxylic acids is 1. The van der Waals surface area contributed by atoms with Crippen LogP contribution in [0.15, 0.2) is 64.4 Å². The van der Waals surface area contributed by atoms with Gasteiger partial charge < -0.3 is 4.74 Å². The van der Waals surface area contributed by atoms with E-state index in [9.17, 15) is 21.6 Å². The number of hydrogen-bond acceptors (Lipinski definition) is 6. The predicted octanol–water partition coefficient (Wildman–Crippen LogP) is 1.28. The van der Waals surface area contributed by atoms with Crippen molar-refractivity contribution in [2.24, 2.45) is 0 Å². The van der Waals surface area contributed by atoms with Crippen molar-refractivity contribution in [2.75, 3.05) is 13.4 Å². The summed E-state index contributed by atoms with van der Waals surface area (Å²) in [7, 11) is -6.95. The number of methoxy groups -OCH3 is 1. The third-order valence-corrected chi connectivity index (χ3v) is 6.15. The van der Waals surface area contributed by atoms with Gasteiger partial charge in [-0.25, -0.2) is 21.6 Å². The Morgan fingerprint density at radius 2 is 1.44 bits per heavy atom. The summed E-state index contributed by atoms with van der Waals surface area (Å²) < 4.78 is 56.0. The summed E-state index contributed by atoms with van der Waals surface area (Å²) in [4.78, 5) is 11.3. The van der Waals surface area contributed by atoms with Crippen LogP contribution < -0.4 is 4.72 Å². The van der Waals surface area contributed by atoms with E-state index in [1.165, 1.54) is 18.2 Å². The second kappa shape index (κ2) is 7.34. The van der Waals surface area contributed by atoms with E-state index in [1.54, 1.807) is 30.3 Å². The van der Waals surface area contributed by atoms with E-state index in [1.807, 2.05) is 0 Å². The van der Waals surface area contributed by atoms with Crippen LogP contribution in [0.1, 0.15) is 11.6 Å². The highest BCUT2D eigenvalue weighted by molar-refractivity contribution is 7.93. The topological polar surface area (TPSA) is 107 Å². The molecule has 134 valence electrons. The standard InChI is InChI=1S/C16H17NO6S2/c1-23-16(18)15(12-8-4-3-5-9-12)17-25(21,22)14-11-7-6-10-13(14)24(2,19)20/h3-11,15,17H,1-2H3. The summed E-state index contributed by atoms with van der Waals surface area (Å²) in [5, 5.41) is 0. The minimum absolute atomic E-state index is 0.348. The molecule has 0 radical (unpaired) electrons. The minimum atomic E-state index is -4.31. The Labute approximate surface area is 146 Å². The molecule has 9 heteroatoms. The van der Waals surface area contributed by atoms with Crippen molar-refractivity contribution < 1.29 is 26.4 Å². The Bertz CT molecular complexity index is 969. The number of benzene rings is 2. The van der Waals surface area contributed by atoms with Gasteiger partial charge in [-0.3, -0.25) is 0 Å². The van der Waals surface area contributed by atoms with Gasteiger partial charge in [0.15, 0.2) is 9.84 Å². The van der Waals surface area contributed by atoms with Crippen LogP contribution in [-0.4, -0.2) is 36.2 Å². The van der Waals surface area contributed by atoms with Gasteiger partial charge in [0.2, 0.25) is 10.0 Å². The Hall–Kier alpha value is -2.23. The molecule has 1 unspecified atom stereocenters. The quantitative estimate of drug-likeness (QED) is 0.753. The van der Waals surface area contributed by atoms with Crippen LogP contribution in [0.5, 0.6) is 0 Å². The summed E-state index contributed by atoms with van der Waals surface area (Å²) in [6.07, 6.45) is 0.913. The summed E-state index contributed by atoms with van der Waals surface area (Å²) >= 11 is 0. The smallest absolute Gasteiger partial charge is 0.328 e. The van der Waals surface area contributed by atoms with Gasteiger partial charge in [0, 0.05) is 6.26 Å². The number of rotatable bonds is 6. The molecule has 2 rings (SSSR count).